The molecule has 4 heteroatoms. The number of rotatable bonds is 1. The maximum Gasteiger partial charge on any atom is 0.126 e. The third-order valence-electron chi connectivity index (χ3n) is 0.775. The van der Waals surface area contributed by atoms with Crippen LogP contribution in [0.5, 0.6) is 0 Å². The second-order valence-electron chi connectivity index (χ2n) is 1.27. The van der Waals surface area contributed by atoms with Gasteiger partial charge in [-0.2, -0.15) is 0 Å². The average Bonchev–Trinajstić information content (AvgIpc) is 2.14. The van der Waals surface area contributed by atoms with Crippen LogP contribution < -0.4 is 16.6 Å². The maximum atomic E-state index is 5.20. The van der Waals surface area contributed by atoms with E-state index in [1.54, 1.807) is 0 Å². The van der Waals surface area contributed by atoms with Crippen LogP contribution >= 0.6 is 0 Å². The van der Waals surface area contributed by atoms with Crippen LogP contribution in [0, 0.1) is 0 Å². The Morgan fingerprint density at radius 1 is 1.86 bits per heavy atom. The van der Waals surface area contributed by atoms with Crippen molar-refractivity contribution in [3.8, 4) is 0 Å². The van der Waals surface area contributed by atoms with Gasteiger partial charge in [-0.05, 0) is 0 Å². The normalized spacial score (nSPS) is 18.7. The van der Waals surface area contributed by atoms with Gasteiger partial charge in [-0.1, -0.05) is 0 Å². The van der Waals surface area contributed by atoms with Gasteiger partial charge in [0.05, 0.1) is 6.54 Å². The summed E-state index contributed by atoms with van der Waals surface area (Å²) in [7, 11) is 0. The Labute approximate surface area is 41.8 Å². The zero-order chi connectivity index (χ0) is 5.11. The summed E-state index contributed by atoms with van der Waals surface area (Å²) < 4.78 is 0. The van der Waals surface area contributed by atoms with E-state index in [-0.39, 0.29) is 0 Å². The molecule has 0 aromatic carbocycles. The zero-order valence-electron chi connectivity index (χ0n) is 3.94. The van der Waals surface area contributed by atoms with Gasteiger partial charge in [0.25, 0.3) is 0 Å². The van der Waals surface area contributed by atoms with E-state index >= 15 is 0 Å². The van der Waals surface area contributed by atoms with Crippen molar-refractivity contribution in [3.05, 3.63) is 0 Å². The summed E-state index contributed by atoms with van der Waals surface area (Å²) >= 11 is 0. The first kappa shape index (κ1) is 4.55. The molecule has 0 atom stereocenters. The molecule has 0 unspecified atom stereocenters. The molecule has 4 nitrogen and oxygen atoms in total. The summed E-state index contributed by atoms with van der Waals surface area (Å²) in [6, 6.07) is 0. The molecule has 0 fully saturated rings. The number of nitrogens with zero attached hydrogens (tertiary/aromatic N) is 1. The molecule has 1 aliphatic rings. The second-order valence-corrected chi connectivity index (χ2v) is 1.27. The van der Waals surface area contributed by atoms with Crippen molar-refractivity contribution in [2.24, 2.45) is 10.7 Å². The molecule has 0 bridgehead atoms. The molecule has 0 saturated carbocycles. The van der Waals surface area contributed by atoms with E-state index in [0.717, 1.165) is 5.84 Å². The number of hydrogen-bond acceptors (Lipinski definition) is 4. The van der Waals surface area contributed by atoms with Crippen molar-refractivity contribution in [1.29, 1.82) is 0 Å². The number of hydrogen-bond donors (Lipinski definition) is 3. The van der Waals surface area contributed by atoms with Crippen LogP contribution in [0.1, 0.15) is 0 Å². The van der Waals surface area contributed by atoms with E-state index in [2.05, 4.69) is 15.8 Å². The number of nitrogens with one attached hydrogen (secondary N) is 2. The summed E-state index contributed by atoms with van der Waals surface area (Å²) in [6.07, 6.45) is 0. The van der Waals surface area contributed by atoms with Crippen LogP contribution in [-0.4, -0.2) is 19.0 Å². The Bertz CT molecular complexity index is 86.9. The maximum absolute atomic E-state index is 5.20. The highest BCUT2D eigenvalue weighted by molar-refractivity contribution is 5.84. The van der Waals surface area contributed by atoms with Gasteiger partial charge in [0.15, 0.2) is 0 Å². The van der Waals surface area contributed by atoms with Crippen LogP contribution in [0.2, 0.25) is 0 Å². The smallest absolute Gasteiger partial charge is 0.126 e. The van der Waals surface area contributed by atoms with Crippen molar-refractivity contribution in [2.75, 3.05) is 13.2 Å². The quantitative estimate of drug-likeness (QED) is 0.372. The standard InChI is InChI=1S/C3H8N4/c4-1-3-5-2-6-7-3/h6H,1-2,4H2,(H,5,7). The molecular weight excluding hydrogens is 92.1 g/mol. The lowest BCUT2D eigenvalue weighted by atomic mass is 10.6. The topological polar surface area (TPSA) is 62.4 Å². The Hall–Kier alpha value is -0.610. The molecule has 4 N–H and O–H groups in total. The molecule has 1 heterocycles. The molecule has 0 aliphatic carbocycles. The monoisotopic (exact) mass is 100 g/mol. The number of hydrazine groups is 1. The van der Waals surface area contributed by atoms with Crippen molar-refractivity contribution in [2.45, 2.75) is 0 Å². The van der Waals surface area contributed by atoms with E-state index in [9.17, 15) is 0 Å². The minimum Gasteiger partial charge on any atom is -0.324 e. The summed E-state index contributed by atoms with van der Waals surface area (Å²) in [5.41, 5.74) is 10.8. The molecular formula is C3H8N4. The van der Waals surface area contributed by atoms with Crippen LogP contribution in [0.4, 0.5) is 0 Å². The van der Waals surface area contributed by atoms with Crippen molar-refractivity contribution in [3.63, 3.8) is 0 Å². The van der Waals surface area contributed by atoms with E-state index in [1.165, 1.54) is 0 Å². The van der Waals surface area contributed by atoms with Crippen LogP contribution in [0.3, 0.4) is 0 Å². The van der Waals surface area contributed by atoms with Crippen molar-refractivity contribution in [1.82, 2.24) is 10.9 Å². The van der Waals surface area contributed by atoms with Crippen molar-refractivity contribution >= 4 is 5.84 Å². The van der Waals surface area contributed by atoms with Gasteiger partial charge in [0, 0.05) is 0 Å². The molecule has 1 rings (SSSR count). The fourth-order valence-corrected chi connectivity index (χ4v) is 0.432. The number of aliphatic imine (C=N–C) groups is 1. The van der Waals surface area contributed by atoms with Gasteiger partial charge in [-0.15, -0.1) is 0 Å². The second kappa shape index (κ2) is 1.90. The van der Waals surface area contributed by atoms with E-state index in [0.29, 0.717) is 13.2 Å². The van der Waals surface area contributed by atoms with E-state index in [4.69, 9.17) is 5.73 Å². The van der Waals surface area contributed by atoms with Crippen LogP contribution in [-0.2, 0) is 0 Å². The first-order chi connectivity index (χ1) is 3.43. The Morgan fingerprint density at radius 2 is 2.71 bits per heavy atom. The molecule has 0 amide bonds. The van der Waals surface area contributed by atoms with Crippen molar-refractivity contribution < 1.29 is 0 Å². The van der Waals surface area contributed by atoms with Crippen LogP contribution in [0.15, 0.2) is 4.99 Å². The van der Waals surface area contributed by atoms with Gasteiger partial charge >= 0.3 is 0 Å². The molecule has 0 aromatic heterocycles. The lowest BCUT2D eigenvalue weighted by Crippen LogP contribution is -2.34. The molecule has 0 aromatic rings. The summed E-state index contributed by atoms with van der Waals surface area (Å²) in [6.45, 7) is 1.14. The summed E-state index contributed by atoms with van der Waals surface area (Å²) in [5.74, 6) is 0.833. The predicted octanol–water partition coefficient (Wildman–Crippen LogP) is -1.59. The number of amidine groups is 1. The SMILES string of the molecule is NCC1=NCNN1. The van der Waals surface area contributed by atoms with Gasteiger partial charge in [0.1, 0.15) is 12.5 Å². The van der Waals surface area contributed by atoms with E-state index < -0.39 is 0 Å². The Kier molecular flexibility index (Phi) is 1.24. The first-order valence-electron chi connectivity index (χ1n) is 2.16. The summed E-state index contributed by atoms with van der Waals surface area (Å²) in [5, 5.41) is 0. The third-order valence-corrected chi connectivity index (χ3v) is 0.775. The lowest BCUT2D eigenvalue weighted by molar-refractivity contribution is 0.724. The number of nitrogens with two attached hydrogens (primary N) is 1. The van der Waals surface area contributed by atoms with Gasteiger partial charge < -0.3 is 11.2 Å². The molecule has 0 saturated heterocycles. The molecule has 1 aliphatic heterocycles. The zero-order valence-corrected chi connectivity index (χ0v) is 3.94. The Morgan fingerprint density at radius 3 is 3.00 bits per heavy atom. The molecule has 0 spiro atoms. The highest BCUT2D eigenvalue weighted by Gasteiger charge is 1.97. The predicted molar refractivity (Wildman–Crippen MR) is 27.6 cm³/mol. The summed E-state index contributed by atoms with van der Waals surface area (Å²) in [4.78, 5) is 3.92. The van der Waals surface area contributed by atoms with Gasteiger partial charge in [-0.3, -0.25) is 4.99 Å². The van der Waals surface area contributed by atoms with E-state index in [1.807, 2.05) is 0 Å². The highest BCUT2D eigenvalue weighted by Crippen LogP contribution is 1.73. The Balaban J connectivity index is 2.36. The van der Waals surface area contributed by atoms with Crippen LogP contribution in [0.25, 0.3) is 0 Å². The molecule has 7 heavy (non-hydrogen) atoms. The minimum atomic E-state index is 0.493. The molecule has 0 radical (unpaired) electrons. The van der Waals surface area contributed by atoms with Gasteiger partial charge in [-0.25, -0.2) is 5.43 Å². The molecule has 40 valence electrons. The fourth-order valence-electron chi connectivity index (χ4n) is 0.432. The first-order valence-corrected chi connectivity index (χ1v) is 2.16. The lowest BCUT2D eigenvalue weighted by Gasteiger charge is -1.92. The van der Waals surface area contributed by atoms with Gasteiger partial charge in [0.2, 0.25) is 0 Å². The fraction of sp³-hybridized carbons (Fsp3) is 0.667. The minimum absolute atomic E-state index is 0.493. The third kappa shape index (κ3) is 0.880. The largest absolute Gasteiger partial charge is 0.324 e. The highest BCUT2D eigenvalue weighted by atomic mass is 15.5. The average molecular weight is 100 g/mol.